The predicted molar refractivity (Wildman–Crippen MR) is 97.5 cm³/mol. The van der Waals surface area contributed by atoms with Crippen molar-refractivity contribution in [3.05, 3.63) is 63.6 Å². The highest BCUT2D eigenvalue weighted by atomic mass is 79.9. The van der Waals surface area contributed by atoms with Gasteiger partial charge in [-0.05, 0) is 59.1 Å². The molecule has 2 rings (SSSR count). The van der Waals surface area contributed by atoms with Crippen molar-refractivity contribution in [3.63, 3.8) is 0 Å². The van der Waals surface area contributed by atoms with Crippen LogP contribution in [0, 0.1) is 6.92 Å². The van der Waals surface area contributed by atoms with Crippen LogP contribution in [0.4, 0.5) is 0 Å². The van der Waals surface area contributed by atoms with E-state index < -0.39 is 5.97 Å². The van der Waals surface area contributed by atoms with E-state index in [0.717, 1.165) is 17.2 Å². The van der Waals surface area contributed by atoms with Crippen molar-refractivity contribution in [2.24, 2.45) is 0 Å². The van der Waals surface area contributed by atoms with Crippen molar-refractivity contribution in [2.75, 3.05) is 6.61 Å². The van der Waals surface area contributed by atoms with Gasteiger partial charge in [-0.25, -0.2) is 4.79 Å². The average molecular weight is 391 g/mol. The first-order chi connectivity index (χ1) is 11.5. The van der Waals surface area contributed by atoms with Gasteiger partial charge >= 0.3 is 5.97 Å². The Balaban J connectivity index is 2.25. The summed E-state index contributed by atoms with van der Waals surface area (Å²) in [6.07, 6.45) is 2.60. The Bertz CT molecular complexity index is 753. The van der Waals surface area contributed by atoms with Crippen LogP contribution >= 0.6 is 15.9 Å². The second-order valence-electron chi connectivity index (χ2n) is 5.21. The third-order valence-electron chi connectivity index (χ3n) is 3.22. The lowest BCUT2D eigenvalue weighted by atomic mass is 10.1. The molecule has 0 fully saturated rings. The van der Waals surface area contributed by atoms with Crippen LogP contribution in [0.25, 0.3) is 6.08 Å². The molecule has 0 amide bonds. The fourth-order valence-electron chi connectivity index (χ4n) is 2.21. The third kappa shape index (κ3) is 5.13. The SMILES string of the molecule is CCOc1cc(C=CC(=O)O)cc(Br)c1OCc1cccc(C)c1. The molecule has 0 radical (unpaired) electrons. The van der Waals surface area contributed by atoms with Crippen LogP contribution in [0.15, 0.2) is 46.9 Å². The topological polar surface area (TPSA) is 55.8 Å². The maximum Gasteiger partial charge on any atom is 0.328 e. The fraction of sp³-hybridized carbons (Fsp3) is 0.211. The van der Waals surface area contributed by atoms with Gasteiger partial charge in [0.2, 0.25) is 0 Å². The highest BCUT2D eigenvalue weighted by Crippen LogP contribution is 2.37. The first kappa shape index (κ1) is 18.1. The minimum Gasteiger partial charge on any atom is -0.490 e. The Morgan fingerprint density at radius 1 is 1.25 bits per heavy atom. The summed E-state index contributed by atoms with van der Waals surface area (Å²) in [6.45, 7) is 4.83. The molecule has 0 atom stereocenters. The van der Waals surface area contributed by atoms with Crippen LogP contribution in [-0.4, -0.2) is 17.7 Å². The Kier molecular flexibility index (Phi) is 6.44. The summed E-state index contributed by atoms with van der Waals surface area (Å²) in [5, 5.41) is 8.75. The fourth-order valence-corrected chi connectivity index (χ4v) is 2.79. The first-order valence-corrected chi connectivity index (χ1v) is 8.34. The lowest BCUT2D eigenvalue weighted by Crippen LogP contribution is -2.01. The van der Waals surface area contributed by atoms with Crippen LogP contribution in [0.5, 0.6) is 11.5 Å². The van der Waals surface area contributed by atoms with Gasteiger partial charge in [0.15, 0.2) is 11.5 Å². The Morgan fingerprint density at radius 2 is 2.04 bits per heavy atom. The van der Waals surface area contributed by atoms with E-state index in [1.807, 2.05) is 32.0 Å². The Labute approximate surface area is 149 Å². The highest BCUT2D eigenvalue weighted by molar-refractivity contribution is 9.10. The van der Waals surface area contributed by atoms with Crippen LogP contribution in [0.1, 0.15) is 23.6 Å². The second kappa shape index (κ2) is 8.55. The van der Waals surface area contributed by atoms with Crippen molar-refractivity contribution in [3.8, 4) is 11.5 Å². The van der Waals surface area contributed by atoms with Crippen LogP contribution in [0.2, 0.25) is 0 Å². The molecule has 0 heterocycles. The smallest absolute Gasteiger partial charge is 0.328 e. The zero-order valence-electron chi connectivity index (χ0n) is 13.6. The molecule has 0 spiro atoms. The van der Waals surface area contributed by atoms with E-state index in [4.69, 9.17) is 14.6 Å². The van der Waals surface area contributed by atoms with Crippen molar-refractivity contribution >= 4 is 28.0 Å². The number of ether oxygens (including phenoxy) is 2. The van der Waals surface area contributed by atoms with E-state index in [1.54, 1.807) is 12.1 Å². The number of hydrogen-bond donors (Lipinski definition) is 1. The summed E-state index contributed by atoms with van der Waals surface area (Å²) >= 11 is 3.48. The number of aryl methyl sites for hydroxylation is 1. The monoisotopic (exact) mass is 390 g/mol. The van der Waals surface area contributed by atoms with Gasteiger partial charge in [0.25, 0.3) is 0 Å². The van der Waals surface area contributed by atoms with Gasteiger partial charge in [-0.1, -0.05) is 29.8 Å². The number of aliphatic carboxylic acids is 1. The molecule has 0 aliphatic rings. The van der Waals surface area contributed by atoms with Crippen molar-refractivity contribution in [1.29, 1.82) is 0 Å². The number of hydrogen-bond acceptors (Lipinski definition) is 3. The second-order valence-corrected chi connectivity index (χ2v) is 6.07. The zero-order valence-corrected chi connectivity index (χ0v) is 15.2. The van der Waals surface area contributed by atoms with E-state index in [0.29, 0.717) is 29.2 Å². The van der Waals surface area contributed by atoms with Crippen LogP contribution in [0.3, 0.4) is 0 Å². The number of benzene rings is 2. The molecule has 0 saturated carbocycles. The van der Waals surface area contributed by atoms with Gasteiger partial charge in [0.1, 0.15) is 6.61 Å². The molecular weight excluding hydrogens is 372 g/mol. The molecule has 0 aliphatic heterocycles. The van der Waals surface area contributed by atoms with Gasteiger partial charge in [0.05, 0.1) is 11.1 Å². The summed E-state index contributed by atoms with van der Waals surface area (Å²) in [7, 11) is 0. The number of rotatable bonds is 7. The number of halogens is 1. The van der Waals surface area contributed by atoms with E-state index in [2.05, 4.69) is 22.0 Å². The lowest BCUT2D eigenvalue weighted by Gasteiger charge is -2.15. The third-order valence-corrected chi connectivity index (χ3v) is 3.80. The minimum atomic E-state index is -0.996. The molecule has 24 heavy (non-hydrogen) atoms. The van der Waals surface area contributed by atoms with Gasteiger partial charge in [0, 0.05) is 6.08 Å². The summed E-state index contributed by atoms with van der Waals surface area (Å²) in [5.41, 5.74) is 2.96. The van der Waals surface area contributed by atoms with Gasteiger partial charge in [-0.3, -0.25) is 0 Å². The molecule has 0 aliphatic carbocycles. The average Bonchev–Trinajstić information content (AvgIpc) is 2.52. The standard InChI is InChI=1S/C19H19BrO4/c1-3-23-17-11-14(7-8-18(21)22)10-16(20)19(17)24-12-15-6-4-5-13(2)9-15/h4-11H,3,12H2,1-2H3,(H,21,22). The largest absolute Gasteiger partial charge is 0.490 e. The molecule has 0 bridgehead atoms. The molecular formula is C19H19BrO4. The quantitative estimate of drug-likeness (QED) is 0.687. The van der Waals surface area contributed by atoms with E-state index in [9.17, 15) is 4.79 Å². The summed E-state index contributed by atoms with van der Waals surface area (Å²) in [5.74, 6) is 0.180. The molecule has 2 aromatic rings. The maximum absolute atomic E-state index is 10.7. The van der Waals surface area contributed by atoms with Crippen LogP contribution < -0.4 is 9.47 Å². The summed E-state index contributed by atoms with van der Waals surface area (Å²) in [4.78, 5) is 10.7. The van der Waals surface area contributed by atoms with Gasteiger partial charge in [-0.2, -0.15) is 0 Å². The summed E-state index contributed by atoms with van der Waals surface area (Å²) < 4.78 is 12.3. The molecule has 0 aromatic heterocycles. The molecule has 1 N–H and O–H groups in total. The van der Waals surface area contributed by atoms with Gasteiger partial charge < -0.3 is 14.6 Å². The molecule has 2 aromatic carbocycles. The van der Waals surface area contributed by atoms with E-state index >= 15 is 0 Å². The normalized spacial score (nSPS) is 10.8. The predicted octanol–water partition coefficient (Wildman–Crippen LogP) is 4.83. The number of carboxylic acid groups (broad SMARTS) is 1. The van der Waals surface area contributed by atoms with Crippen LogP contribution in [-0.2, 0) is 11.4 Å². The Morgan fingerprint density at radius 3 is 2.71 bits per heavy atom. The maximum atomic E-state index is 10.7. The molecule has 0 unspecified atom stereocenters. The van der Waals surface area contributed by atoms with Crippen molar-refractivity contribution < 1.29 is 19.4 Å². The first-order valence-electron chi connectivity index (χ1n) is 7.55. The molecule has 5 heteroatoms. The number of carboxylic acids is 1. The minimum absolute atomic E-state index is 0.421. The van der Waals surface area contributed by atoms with Crippen molar-refractivity contribution in [2.45, 2.75) is 20.5 Å². The lowest BCUT2D eigenvalue weighted by molar-refractivity contribution is -0.131. The Hall–Kier alpha value is -2.27. The molecule has 0 saturated heterocycles. The van der Waals surface area contributed by atoms with Gasteiger partial charge in [-0.15, -0.1) is 0 Å². The number of carbonyl (C=O) groups is 1. The summed E-state index contributed by atoms with van der Waals surface area (Å²) in [6, 6.07) is 11.7. The van der Waals surface area contributed by atoms with E-state index in [1.165, 1.54) is 11.6 Å². The molecule has 126 valence electrons. The molecule has 4 nitrogen and oxygen atoms in total. The van der Waals surface area contributed by atoms with Crippen molar-refractivity contribution in [1.82, 2.24) is 0 Å². The van der Waals surface area contributed by atoms with E-state index in [-0.39, 0.29) is 0 Å². The zero-order chi connectivity index (χ0) is 17.5. The highest BCUT2D eigenvalue weighted by Gasteiger charge is 2.12.